The Labute approximate surface area is 418 Å². The minimum atomic E-state index is -2.88. The molecule has 1 aromatic heterocycles. The molecule has 5 saturated heterocycles. The van der Waals surface area contributed by atoms with Crippen LogP contribution in [0.2, 0.25) is 0 Å². The molecule has 4 amide bonds. The van der Waals surface area contributed by atoms with Crippen LogP contribution in [-0.2, 0) is 21.4 Å². The summed E-state index contributed by atoms with van der Waals surface area (Å²) >= 11 is 0. The summed E-state index contributed by atoms with van der Waals surface area (Å²) in [6, 6.07) is 21.2. The van der Waals surface area contributed by atoms with Gasteiger partial charge in [0.15, 0.2) is 0 Å². The Balaban J connectivity index is 0.677. The van der Waals surface area contributed by atoms with E-state index in [9.17, 15) is 32.8 Å². The quantitative estimate of drug-likeness (QED) is 0.0908. The predicted molar refractivity (Wildman–Crippen MR) is 275 cm³/mol. The second-order valence-corrected chi connectivity index (χ2v) is 20.8. The largest absolute Gasteiger partial charge is 0.375 e. The number of carbonyl (C=O) groups excluding carboxylic acids is 4. The molecule has 5 aliphatic heterocycles. The first-order valence-electron chi connectivity index (χ1n) is 25.8. The third-order valence-corrected chi connectivity index (χ3v) is 16.1. The van der Waals surface area contributed by atoms with E-state index >= 15 is 0 Å². The predicted octanol–water partition coefficient (Wildman–Crippen LogP) is 6.51. The minimum absolute atomic E-state index is 0.00209. The van der Waals surface area contributed by atoms with E-state index in [0.29, 0.717) is 35.0 Å². The molecule has 6 heterocycles. The van der Waals surface area contributed by atoms with Crippen LogP contribution < -0.4 is 31.9 Å². The fourth-order valence-electron chi connectivity index (χ4n) is 11.7. The van der Waals surface area contributed by atoms with E-state index in [1.165, 1.54) is 4.57 Å². The van der Waals surface area contributed by atoms with Gasteiger partial charge >= 0.3 is 5.69 Å². The van der Waals surface area contributed by atoms with Crippen molar-refractivity contribution in [3.05, 3.63) is 106 Å². The van der Waals surface area contributed by atoms with E-state index in [0.717, 1.165) is 123 Å². The molecule has 5 fully saturated rings. The first-order chi connectivity index (χ1) is 34.7. The van der Waals surface area contributed by atoms with Crippen molar-refractivity contribution < 1.29 is 28.0 Å². The number of aromatic nitrogens is 2. The molecule has 378 valence electrons. The van der Waals surface area contributed by atoms with Crippen LogP contribution in [0.4, 0.5) is 20.2 Å². The summed E-state index contributed by atoms with van der Waals surface area (Å²) < 4.78 is 31.7. The normalized spacial score (nSPS) is 21.9. The zero-order chi connectivity index (χ0) is 50.3. The van der Waals surface area contributed by atoms with Crippen LogP contribution in [-0.4, -0.2) is 113 Å². The zero-order valence-electron chi connectivity index (χ0n) is 41.4. The number of amides is 4. The number of hydrogen-bond acceptors (Lipinski definition) is 9. The van der Waals surface area contributed by atoms with Gasteiger partial charge in [-0.3, -0.25) is 33.6 Å². The molecule has 72 heavy (non-hydrogen) atoms. The minimum Gasteiger partial charge on any atom is -0.375 e. The number of alkyl halides is 2. The first kappa shape index (κ1) is 49.0. The van der Waals surface area contributed by atoms with E-state index in [-0.39, 0.29) is 54.9 Å². The number of hydrogen-bond donors (Lipinski definition) is 4. The van der Waals surface area contributed by atoms with Crippen LogP contribution in [0, 0.1) is 36.5 Å². The van der Waals surface area contributed by atoms with Crippen molar-refractivity contribution in [2.24, 2.45) is 24.8 Å². The number of imide groups is 1. The number of benzene rings is 4. The SMILES string of the molecule is Cc1ccc(N[C@H]2CNCC2(F)F)cc1C(=O)N[C@H](C)c1ccc(C#CC2CCN(CC3CCN(C(=O)C4CCN(c5ccc6c(c5)n(C)c(=O)n6C5CCC(=O)NC5=O)CC4)CC3)CC2)c2ccccc12. The van der Waals surface area contributed by atoms with Gasteiger partial charge in [-0.15, -0.1) is 0 Å². The van der Waals surface area contributed by atoms with Crippen molar-refractivity contribution in [1.82, 2.24) is 34.9 Å². The molecule has 14 nitrogen and oxygen atoms in total. The van der Waals surface area contributed by atoms with Gasteiger partial charge in [0.2, 0.25) is 17.7 Å². The Morgan fingerprint density at radius 2 is 1.60 bits per heavy atom. The molecule has 0 radical (unpaired) electrons. The molecule has 5 aromatic rings. The van der Waals surface area contributed by atoms with Gasteiger partial charge in [-0.2, -0.15) is 0 Å². The first-order valence-corrected chi connectivity index (χ1v) is 25.8. The van der Waals surface area contributed by atoms with Crippen LogP contribution in [0.15, 0.2) is 77.6 Å². The Morgan fingerprint density at radius 3 is 2.32 bits per heavy atom. The van der Waals surface area contributed by atoms with E-state index in [4.69, 9.17) is 0 Å². The van der Waals surface area contributed by atoms with Crippen LogP contribution in [0.3, 0.4) is 0 Å². The number of carbonyl (C=O) groups is 4. The number of aryl methyl sites for hydroxylation is 2. The maximum absolute atomic E-state index is 14.3. The van der Waals surface area contributed by atoms with Crippen LogP contribution in [0.1, 0.15) is 97.4 Å². The summed E-state index contributed by atoms with van der Waals surface area (Å²) in [6.07, 6.45) is 6.09. The fraction of sp³-hybridized carbons (Fsp3) is 0.482. The van der Waals surface area contributed by atoms with Crippen molar-refractivity contribution in [1.29, 1.82) is 0 Å². The number of piperidine rings is 4. The Kier molecular flexibility index (Phi) is 14.0. The molecular formula is C56H65F2N9O5. The fourth-order valence-corrected chi connectivity index (χ4v) is 11.7. The van der Waals surface area contributed by atoms with Gasteiger partial charge in [0.1, 0.15) is 12.1 Å². The summed E-state index contributed by atoms with van der Waals surface area (Å²) in [4.78, 5) is 72.0. The summed E-state index contributed by atoms with van der Waals surface area (Å²) in [6.45, 7) is 9.73. The van der Waals surface area contributed by atoms with Crippen LogP contribution in [0.5, 0.6) is 0 Å². The number of rotatable bonds is 10. The number of nitrogens with zero attached hydrogens (tertiary/aromatic N) is 5. The molecule has 0 aliphatic carbocycles. The third kappa shape index (κ3) is 10.1. The van der Waals surface area contributed by atoms with E-state index in [2.05, 4.69) is 66.0 Å². The van der Waals surface area contributed by atoms with Gasteiger partial charge in [0.25, 0.3) is 11.8 Å². The molecular weight excluding hydrogens is 917 g/mol. The van der Waals surface area contributed by atoms with E-state index < -0.39 is 23.9 Å². The molecule has 0 saturated carbocycles. The van der Waals surface area contributed by atoms with Gasteiger partial charge in [-0.1, -0.05) is 48.2 Å². The number of imidazole rings is 1. The molecule has 16 heteroatoms. The molecule has 4 N–H and O–H groups in total. The standard InChI is InChI=1S/C56H65F2N9O5/c1-35-8-12-41(61-50-32-59-34-56(50,57)58)30-46(35)52(69)60-36(2)43-14-11-39(44-6-4-5-7-45(43)44)10-9-37-18-24-64(25-19-37)33-38-20-26-66(27-21-38)54(71)40-22-28-65(29-23-40)42-13-15-47-49(31-42)63(3)55(72)67(47)48-16-17-51(68)62-53(48)70/h4-8,11-15,30-31,36-38,40,48,50,59,61H,16-29,32-34H2,1-3H3,(H,60,69)(H,62,68,70)/t36-,48?,50+/m1/s1. The Hall–Kier alpha value is -6.57. The highest BCUT2D eigenvalue weighted by Gasteiger charge is 2.44. The second-order valence-electron chi connectivity index (χ2n) is 20.8. The molecule has 5 aliphatic rings. The molecule has 3 atom stereocenters. The van der Waals surface area contributed by atoms with Gasteiger partial charge in [0.05, 0.1) is 23.6 Å². The van der Waals surface area contributed by atoms with E-state index in [1.807, 2.05) is 50.2 Å². The monoisotopic (exact) mass is 982 g/mol. The van der Waals surface area contributed by atoms with Crippen LogP contribution >= 0.6 is 0 Å². The highest BCUT2D eigenvalue weighted by Crippen LogP contribution is 2.33. The molecule has 0 spiro atoms. The van der Waals surface area contributed by atoms with Gasteiger partial charge in [0, 0.05) is 87.1 Å². The smallest absolute Gasteiger partial charge is 0.329 e. The lowest BCUT2D eigenvalue weighted by Crippen LogP contribution is -2.47. The maximum Gasteiger partial charge on any atom is 0.329 e. The average molecular weight is 982 g/mol. The number of anilines is 2. The summed E-state index contributed by atoms with van der Waals surface area (Å²) in [5.41, 5.74) is 5.72. The maximum atomic E-state index is 14.3. The lowest BCUT2D eigenvalue weighted by atomic mass is 9.90. The topological polar surface area (TPSA) is 153 Å². The summed E-state index contributed by atoms with van der Waals surface area (Å²) in [7, 11) is 1.71. The lowest BCUT2D eigenvalue weighted by molar-refractivity contribution is -0.138. The van der Waals surface area contributed by atoms with Crippen molar-refractivity contribution >= 4 is 56.8 Å². The average Bonchev–Trinajstić information content (AvgIpc) is 3.85. The lowest BCUT2D eigenvalue weighted by Gasteiger charge is -2.39. The van der Waals surface area contributed by atoms with E-state index in [1.54, 1.807) is 29.8 Å². The molecule has 4 aromatic carbocycles. The zero-order valence-corrected chi connectivity index (χ0v) is 41.4. The number of nitrogens with one attached hydrogen (secondary N) is 4. The second kappa shape index (κ2) is 20.5. The van der Waals surface area contributed by atoms with Crippen molar-refractivity contribution in [3.8, 4) is 11.8 Å². The summed E-state index contributed by atoms with van der Waals surface area (Å²) in [5.74, 6) is 4.35. The van der Waals surface area contributed by atoms with Crippen molar-refractivity contribution in [2.45, 2.75) is 89.3 Å². The summed E-state index contributed by atoms with van der Waals surface area (Å²) in [5, 5.41) is 13.2. The Morgan fingerprint density at radius 1 is 0.847 bits per heavy atom. The van der Waals surface area contributed by atoms with Gasteiger partial charge < -0.3 is 30.7 Å². The molecule has 10 rings (SSSR count). The number of likely N-dealkylation sites (tertiary alicyclic amines) is 2. The number of fused-ring (bicyclic) bond motifs is 2. The Bertz CT molecular complexity index is 3020. The number of halogens is 2. The highest BCUT2D eigenvalue weighted by atomic mass is 19.3. The van der Waals surface area contributed by atoms with Crippen molar-refractivity contribution in [2.75, 3.05) is 69.1 Å². The third-order valence-electron chi connectivity index (χ3n) is 16.1. The van der Waals surface area contributed by atoms with Gasteiger partial charge in [-0.25, -0.2) is 13.6 Å². The van der Waals surface area contributed by atoms with Crippen LogP contribution in [0.25, 0.3) is 21.8 Å². The molecule has 1 unspecified atom stereocenters. The van der Waals surface area contributed by atoms with Gasteiger partial charge in [-0.05, 0) is 136 Å². The highest BCUT2D eigenvalue weighted by molar-refractivity contribution is 6.00. The van der Waals surface area contributed by atoms with Crippen molar-refractivity contribution in [3.63, 3.8) is 0 Å². The molecule has 0 bridgehead atoms.